The number of carbonyl (C=O) groups is 1. The van der Waals surface area contributed by atoms with Gasteiger partial charge >= 0.3 is 0 Å². The van der Waals surface area contributed by atoms with E-state index < -0.39 is 22.5 Å². The number of nitrogens with zero attached hydrogens (tertiary/aromatic N) is 2. The molecule has 0 saturated heterocycles. The summed E-state index contributed by atoms with van der Waals surface area (Å²) in [4.78, 5) is 13.0. The van der Waals surface area contributed by atoms with Gasteiger partial charge in [-0.3, -0.25) is 4.79 Å². The van der Waals surface area contributed by atoms with Crippen LogP contribution < -0.4 is 5.43 Å². The molecule has 35 heavy (non-hydrogen) atoms. The topological polar surface area (TPSA) is 78.8 Å². The maximum atomic E-state index is 13.7. The number of carbonyl (C=O) groups excluding carboxylic acids is 1. The first-order valence-corrected chi connectivity index (χ1v) is 13.1. The van der Waals surface area contributed by atoms with Gasteiger partial charge in [0.05, 0.1) is 27.7 Å². The fourth-order valence-electron chi connectivity index (χ4n) is 3.82. The number of rotatable bonds is 8. The van der Waals surface area contributed by atoms with Crippen LogP contribution in [0.25, 0.3) is 0 Å². The van der Waals surface area contributed by atoms with E-state index in [1.807, 2.05) is 50.2 Å². The Morgan fingerprint density at radius 2 is 1.51 bits per heavy atom. The van der Waals surface area contributed by atoms with Crippen LogP contribution in [0.2, 0.25) is 10.0 Å². The lowest BCUT2D eigenvalue weighted by atomic mass is 10.1. The number of hydrazone groups is 1. The minimum atomic E-state index is -3.99. The molecule has 0 aromatic heterocycles. The van der Waals surface area contributed by atoms with Crippen LogP contribution in [-0.4, -0.2) is 31.4 Å². The molecule has 0 spiro atoms. The largest absolute Gasteiger partial charge is 0.272 e. The summed E-state index contributed by atoms with van der Waals surface area (Å²) in [6.07, 6.45) is 1.33. The van der Waals surface area contributed by atoms with Crippen molar-refractivity contribution in [3.63, 3.8) is 0 Å². The molecule has 6 nitrogen and oxygen atoms in total. The molecule has 0 fully saturated rings. The Balaban J connectivity index is 1.89. The van der Waals surface area contributed by atoms with Crippen LogP contribution in [0.15, 0.2) is 64.6 Å². The van der Waals surface area contributed by atoms with Crippen molar-refractivity contribution in [3.8, 4) is 0 Å². The molecule has 1 N–H and O–H groups in total. The first-order chi connectivity index (χ1) is 16.5. The Labute approximate surface area is 216 Å². The lowest BCUT2D eigenvalue weighted by Gasteiger charge is -2.24. The van der Waals surface area contributed by atoms with E-state index in [1.54, 1.807) is 32.0 Å². The normalized spacial score (nSPS) is 11.9. The molecule has 0 aliphatic carbocycles. The predicted molar refractivity (Wildman–Crippen MR) is 142 cm³/mol. The molecule has 0 radical (unpaired) electrons. The molecule has 0 atom stereocenters. The fraction of sp³-hybridized carbons (Fsp3) is 0.231. The maximum Gasteiger partial charge on any atom is 0.255 e. The molecule has 1 amide bonds. The number of sulfonamides is 1. The second-order valence-corrected chi connectivity index (χ2v) is 11.1. The Hall–Kier alpha value is -2.71. The van der Waals surface area contributed by atoms with E-state index in [0.29, 0.717) is 26.7 Å². The van der Waals surface area contributed by atoms with Gasteiger partial charge in [0.1, 0.15) is 0 Å². The molecule has 9 heteroatoms. The van der Waals surface area contributed by atoms with Gasteiger partial charge in [0.25, 0.3) is 5.91 Å². The number of benzene rings is 3. The maximum absolute atomic E-state index is 13.7. The SMILES string of the molecule is Cc1ccc(CN(CC(=O)N/N=C/c2c(Cl)cccc2Cl)S(=O)(=O)c2c(C)cc(C)cc2C)cc1. The zero-order valence-electron chi connectivity index (χ0n) is 20.0. The van der Waals surface area contributed by atoms with Crippen molar-refractivity contribution in [2.75, 3.05) is 6.54 Å². The summed E-state index contributed by atoms with van der Waals surface area (Å²) in [6.45, 7) is 6.99. The number of halogens is 2. The van der Waals surface area contributed by atoms with Gasteiger partial charge in [-0.15, -0.1) is 0 Å². The number of nitrogens with one attached hydrogen (secondary N) is 1. The summed E-state index contributed by atoms with van der Waals surface area (Å²) in [5, 5.41) is 4.68. The predicted octanol–water partition coefficient (Wildman–Crippen LogP) is 5.57. The number of amides is 1. The average molecular weight is 532 g/mol. The molecule has 0 heterocycles. The number of hydrogen-bond acceptors (Lipinski definition) is 4. The molecule has 3 rings (SSSR count). The van der Waals surface area contributed by atoms with Crippen molar-refractivity contribution < 1.29 is 13.2 Å². The molecule has 3 aromatic carbocycles. The summed E-state index contributed by atoms with van der Waals surface area (Å²) in [6, 6.07) is 16.1. The second-order valence-electron chi connectivity index (χ2n) is 8.42. The van der Waals surface area contributed by atoms with Crippen LogP contribution >= 0.6 is 23.2 Å². The standard InChI is InChI=1S/C26H27Cl2N3O3S/c1-17-8-10-21(11-9-17)15-31(35(33,34)26-19(3)12-18(2)13-20(26)4)16-25(32)30-29-14-22-23(27)6-5-7-24(22)28/h5-14H,15-16H2,1-4H3,(H,30,32)/b29-14+. The van der Waals surface area contributed by atoms with Crippen molar-refractivity contribution >= 4 is 45.3 Å². The molecule has 0 unspecified atom stereocenters. The highest BCUT2D eigenvalue weighted by Gasteiger charge is 2.30. The van der Waals surface area contributed by atoms with E-state index in [9.17, 15) is 13.2 Å². The fourth-order valence-corrected chi connectivity index (χ4v) is 6.12. The molecule has 184 valence electrons. The summed E-state index contributed by atoms with van der Waals surface area (Å²) in [5.74, 6) is -0.595. The van der Waals surface area contributed by atoms with E-state index in [0.717, 1.165) is 21.0 Å². The van der Waals surface area contributed by atoms with E-state index >= 15 is 0 Å². The molecule has 0 saturated carbocycles. The minimum absolute atomic E-state index is 0.0306. The highest BCUT2D eigenvalue weighted by molar-refractivity contribution is 7.89. The lowest BCUT2D eigenvalue weighted by molar-refractivity contribution is -0.121. The van der Waals surface area contributed by atoms with Gasteiger partial charge in [0.15, 0.2) is 0 Å². The van der Waals surface area contributed by atoms with Crippen LogP contribution in [-0.2, 0) is 21.4 Å². The molecular weight excluding hydrogens is 505 g/mol. The monoisotopic (exact) mass is 531 g/mol. The summed E-state index contributed by atoms with van der Waals surface area (Å²) in [5.41, 5.74) is 6.87. The van der Waals surface area contributed by atoms with Gasteiger partial charge < -0.3 is 0 Å². The lowest BCUT2D eigenvalue weighted by Crippen LogP contribution is -2.39. The Kier molecular flexibility index (Phi) is 8.72. The van der Waals surface area contributed by atoms with Crippen molar-refractivity contribution in [3.05, 3.63) is 98.0 Å². The second kappa shape index (κ2) is 11.4. The number of aryl methyl sites for hydroxylation is 4. The molecule has 3 aromatic rings. The first kappa shape index (κ1) is 26.9. The molecule has 0 aliphatic heterocycles. The van der Waals surface area contributed by atoms with Crippen LogP contribution in [0.3, 0.4) is 0 Å². The van der Waals surface area contributed by atoms with E-state index in [-0.39, 0.29) is 11.4 Å². The first-order valence-electron chi connectivity index (χ1n) is 10.9. The third kappa shape index (κ3) is 6.70. The summed E-state index contributed by atoms with van der Waals surface area (Å²) in [7, 11) is -3.99. The zero-order chi connectivity index (χ0) is 25.8. The van der Waals surface area contributed by atoms with Gasteiger partial charge in [-0.25, -0.2) is 13.8 Å². The van der Waals surface area contributed by atoms with E-state index in [2.05, 4.69) is 10.5 Å². The van der Waals surface area contributed by atoms with Gasteiger partial charge in [-0.1, -0.05) is 76.8 Å². The Morgan fingerprint density at radius 3 is 2.09 bits per heavy atom. The zero-order valence-corrected chi connectivity index (χ0v) is 22.3. The third-order valence-electron chi connectivity index (χ3n) is 5.38. The smallest absolute Gasteiger partial charge is 0.255 e. The highest BCUT2D eigenvalue weighted by atomic mass is 35.5. The van der Waals surface area contributed by atoms with Crippen LogP contribution in [0.1, 0.15) is 33.4 Å². The van der Waals surface area contributed by atoms with Crippen molar-refractivity contribution in [1.29, 1.82) is 0 Å². The van der Waals surface area contributed by atoms with Crippen molar-refractivity contribution in [1.82, 2.24) is 9.73 Å². The third-order valence-corrected chi connectivity index (χ3v) is 8.14. The highest BCUT2D eigenvalue weighted by Crippen LogP contribution is 2.27. The Morgan fingerprint density at radius 1 is 0.943 bits per heavy atom. The molecule has 0 bridgehead atoms. The molecule has 0 aliphatic rings. The summed E-state index contributed by atoms with van der Waals surface area (Å²) >= 11 is 12.2. The summed E-state index contributed by atoms with van der Waals surface area (Å²) < 4.78 is 28.7. The van der Waals surface area contributed by atoms with E-state index in [4.69, 9.17) is 23.2 Å². The van der Waals surface area contributed by atoms with Crippen LogP contribution in [0.5, 0.6) is 0 Å². The van der Waals surface area contributed by atoms with Gasteiger partial charge in [-0.05, 0) is 56.5 Å². The van der Waals surface area contributed by atoms with E-state index in [1.165, 1.54) is 6.21 Å². The average Bonchev–Trinajstić information content (AvgIpc) is 2.76. The number of hydrogen-bond donors (Lipinski definition) is 1. The van der Waals surface area contributed by atoms with Gasteiger partial charge in [-0.2, -0.15) is 9.41 Å². The quantitative estimate of drug-likeness (QED) is 0.305. The minimum Gasteiger partial charge on any atom is -0.272 e. The van der Waals surface area contributed by atoms with Crippen LogP contribution in [0.4, 0.5) is 0 Å². The van der Waals surface area contributed by atoms with Gasteiger partial charge in [0, 0.05) is 12.1 Å². The molecular formula is C26H27Cl2N3O3S. The van der Waals surface area contributed by atoms with Crippen LogP contribution in [0, 0.1) is 27.7 Å². The van der Waals surface area contributed by atoms with Crippen molar-refractivity contribution in [2.24, 2.45) is 5.10 Å². The Bertz CT molecular complexity index is 1330. The van der Waals surface area contributed by atoms with Gasteiger partial charge in [0.2, 0.25) is 10.0 Å². The van der Waals surface area contributed by atoms with Crippen molar-refractivity contribution in [2.45, 2.75) is 39.1 Å².